The average Bonchev–Trinajstić information content (AvgIpc) is 2.78. The van der Waals surface area contributed by atoms with E-state index >= 15 is 0 Å². The van der Waals surface area contributed by atoms with Gasteiger partial charge in [-0.2, -0.15) is 13.2 Å². The number of hydrogen-bond donors (Lipinski definition) is 1. The molecule has 1 saturated heterocycles. The molecule has 0 aromatic heterocycles. The van der Waals surface area contributed by atoms with E-state index in [1.54, 1.807) is 0 Å². The van der Waals surface area contributed by atoms with Crippen molar-refractivity contribution in [3.05, 3.63) is 69.2 Å². The second kappa shape index (κ2) is 6.73. The highest BCUT2D eigenvalue weighted by Crippen LogP contribution is 2.36. The molecule has 1 unspecified atom stereocenters. The van der Waals surface area contributed by atoms with Crippen LogP contribution in [0.2, 0.25) is 10.0 Å². The summed E-state index contributed by atoms with van der Waals surface area (Å²) in [5.74, 6) is -0.617. The van der Waals surface area contributed by atoms with Crippen LogP contribution < -0.4 is 5.32 Å². The van der Waals surface area contributed by atoms with E-state index in [1.807, 2.05) is 0 Å². The van der Waals surface area contributed by atoms with Gasteiger partial charge in [0.2, 0.25) is 0 Å². The van der Waals surface area contributed by atoms with Crippen molar-refractivity contribution in [1.29, 1.82) is 0 Å². The fourth-order valence-corrected chi connectivity index (χ4v) is 3.54. The number of carbonyl (C=O) groups excluding carboxylic acids is 2. The number of imide groups is 1. The third kappa shape index (κ3) is 3.61. The molecule has 0 radical (unpaired) electrons. The summed E-state index contributed by atoms with van der Waals surface area (Å²) in [5.41, 5.74) is -1.77. The smallest absolute Gasteiger partial charge is 0.319 e. The molecule has 3 rings (SSSR count). The number of urea groups is 1. The number of alkyl halides is 3. The normalized spacial score (nSPS) is 20.1. The quantitative estimate of drug-likeness (QED) is 0.717. The van der Waals surface area contributed by atoms with Gasteiger partial charge in [0.1, 0.15) is 5.54 Å². The Kier molecular flexibility index (Phi) is 4.86. The van der Waals surface area contributed by atoms with Crippen molar-refractivity contribution in [3.8, 4) is 0 Å². The lowest BCUT2D eigenvalue weighted by Gasteiger charge is -2.23. The molecular formula is C18H13Cl2F3N2O2. The van der Waals surface area contributed by atoms with Crippen LogP contribution in [-0.4, -0.2) is 16.8 Å². The van der Waals surface area contributed by atoms with Crippen LogP contribution in [0.25, 0.3) is 0 Å². The third-order valence-electron chi connectivity index (χ3n) is 4.34. The molecule has 1 aliphatic rings. The molecule has 1 fully saturated rings. The molecule has 2 aromatic carbocycles. The van der Waals surface area contributed by atoms with Crippen molar-refractivity contribution >= 4 is 35.1 Å². The van der Waals surface area contributed by atoms with Crippen LogP contribution in [0.5, 0.6) is 0 Å². The van der Waals surface area contributed by atoms with Crippen LogP contribution in [0.3, 0.4) is 0 Å². The Labute approximate surface area is 162 Å². The molecule has 0 spiro atoms. The van der Waals surface area contributed by atoms with Crippen molar-refractivity contribution in [2.24, 2.45) is 0 Å². The van der Waals surface area contributed by atoms with E-state index in [0.29, 0.717) is 10.6 Å². The Hall–Kier alpha value is -2.25. The maximum Gasteiger partial charge on any atom is 0.416 e. The molecule has 3 amide bonds. The topological polar surface area (TPSA) is 49.4 Å². The summed E-state index contributed by atoms with van der Waals surface area (Å²) in [6.07, 6.45) is -4.52. The molecular weight excluding hydrogens is 404 g/mol. The van der Waals surface area contributed by atoms with E-state index < -0.39 is 29.2 Å². The second-order valence-electron chi connectivity index (χ2n) is 6.27. The van der Waals surface area contributed by atoms with E-state index in [4.69, 9.17) is 23.2 Å². The minimum absolute atomic E-state index is 0.180. The van der Waals surface area contributed by atoms with Crippen molar-refractivity contribution in [2.45, 2.75) is 25.2 Å². The molecule has 9 heteroatoms. The first-order valence-electron chi connectivity index (χ1n) is 7.78. The predicted molar refractivity (Wildman–Crippen MR) is 94.3 cm³/mol. The van der Waals surface area contributed by atoms with Gasteiger partial charge in [-0.3, -0.25) is 9.69 Å². The number of amides is 3. The predicted octanol–water partition coefficient (Wildman–Crippen LogP) is 4.98. The van der Waals surface area contributed by atoms with E-state index in [-0.39, 0.29) is 17.1 Å². The number of nitrogens with one attached hydrogen (secondary N) is 1. The Bertz CT molecular complexity index is 933. The van der Waals surface area contributed by atoms with Gasteiger partial charge in [0.05, 0.1) is 12.1 Å². The minimum Gasteiger partial charge on any atom is -0.319 e. The van der Waals surface area contributed by atoms with Crippen LogP contribution in [0.4, 0.5) is 18.0 Å². The first kappa shape index (κ1) is 19.5. The molecule has 0 aliphatic carbocycles. The Morgan fingerprint density at radius 1 is 1.11 bits per heavy atom. The van der Waals surface area contributed by atoms with Crippen molar-refractivity contribution in [2.75, 3.05) is 0 Å². The van der Waals surface area contributed by atoms with Crippen LogP contribution in [0.15, 0.2) is 42.5 Å². The van der Waals surface area contributed by atoms with Crippen molar-refractivity contribution < 1.29 is 22.8 Å². The first-order chi connectivity index (χ1) is 12.5. The number of nitrogens with zero attached hydrogens (tertiary/aromatic N) is 1. The molecule has 0 saturated carbocycles. The molecule has 1 aliphatic heterocycles. The summed E-state index contributed by atoms with van der Waals surface area (Å²) in [6.45, 7) is 1.18. The van der Waals surface area contributed by atoms with Crippen molar-refractivity contribution in [3.63, 3.8) is 0 Å². The summed E-state index contributed by atoms with van der Waals surface area (Å²) in [5, 5.41) is 3.12. The fourth-order valence-electron chi connectivity index (χ4n) is 2.95. The SMILES string of the molecule is CC1(c2ccc(Cl)cc2Cl)NC(=O)N(Cc2cccc(C(F)(F)F)c2)C1=O. The van der Waals surface area contributed by atoms with Gasteiger partial charge in [-0.15, -0.1) is 0 Å². The Morgan fingerprint density at radius 3 is 2.44 bits per heavy atom. The summed E-state index contributed by atoms with van der Waals surface area (Å²) in [6, 6.07) is 8.26. The third-order valence-corrected chi connectivity index (χ3v) is 4.89. The molecule has 1 atom stereocenters. The molecule has 142 valence electrons. The standard InChI is InChI=1S/C18H13Cl2F3N2O2/c1-17(13-6-5-12(19)8-14(13)20)15(26)25(16(27)24-17)9-10-3-2-4-11(7-10)18(21,22)23/h2-8H,9H2,1H3,(H,24,27). The van der Waals surface area contributed by atoms with Gasteiger partial charge in [0.15, 0.2) is 0 Å². The second-order valence-corrected chi connectivity index (χ2v) is 7.11. The van der Waals surface area contributed by atoms with Gasteiger partial charge in [-0.25, -0.2) is 4.79 Å². The number of hydrogen-bond acceptors (Lipinski definition) is 2. The van der Waals surface area contributed by atoms with E-state index in [9.17, 15) is 22.8 Å². The van der Waals surface area contributed by atoms with Crippen LogP contribution >= 0.6 is 23.2 Å². The maximum atomic E-state index is 12.9. The van der Waals surface area contributed by atoms with Gasteiger partial charge in [0, 0.05) is 15.6 Å². The lowest BCUT2D eigenvalue weighted by atomic mass is 9.92. The zero-order valence-electron chi connectivity index (χ0n) is 13.9. The Morgan fingerprint density at radius 2 is 1.81 bits per heavy atom. The summed E-state index contributed by atoms with van der Waals surface area (Å²) < 4.78 is 38.6. The van der Waals surface area contributed by atoms with Gasteiger partial charge < -0.3 is 5.32 Å². The van der Waals surface area contributed by atoms with E-state index in [1.165, 1.54) is 37.3 Å². The van der Waals surface area contributed by atoms with Gasteiger partial charge in [-0.05, 0) is 36.8 Å². The van der Waals surface area contributed by atoms with Gasteiger partial charge in [-0.1, -0.05) is 41.4 Å². The minimum atomic E-state index is -4.52. The number of benzene rings is 2. The zero-order chi connectivity index (χ0) is 20.0. The Balaban J connectivity index is 1.91. The highest BCUT2D eigenvalue weighted by molar-refractivity contribution is 6.35. The number of halogens is 5. The molecule has 2 aromatic rings. The van der Waals surface area contributed by atoms with E-state index in [0.717, 1.165) is 17.0 Å². The molecule has 27 heavy (non-hydrogen) atoms. The molecule has 1 heterocycles. The zero-order valence-corrected chi connectivity index (χ0v) is 15.4. The highest BCUT2D eigenvalue weighted by Gasteiger charge is 2.49. The first-order valence-corrected chi connectivity index (χ1v) is 8.54. The van der Waals surface area contributed by atoms with Crippen LogP contribution in [0.1, 0.15) is 23.6 Å². The largest absolute Gasteiger partial charge is 0.416 e. The summed E-state index contributed by atoms with van der Waals surface area (Å²) in [4.78, 5) is 26.1. The fraction of sp³-hybridized carbons (Fsp3) is 0.222. The molecule has 0 bridgehead atoms. The molecule has 4 nitrogen and oxygen atoms in total. The maximum absolute atomic E-state index is 12.9. The lowest BCUT2D eigenvalue weighted by molar-refractivity contribution is -0.137. The summed E-state index contributed by atoms with van der Waals surface area (Å²) in [7, 11) is 0. The van der Waals surface area contributed by atoms with Crippen LogP contribution in [0, 0.1) is 0 Å². The van der Waals surface area contributed by atoms with E-state index in [2.05, 4.69) is 5.32 Å². The van der Waals surface area contributed by atoms with Gasteiger partial charge >= 0.3 is 12.2 Å². The van der Waals surface area contributed by atoms with Gasteiger partial charge in [0.25, 0.3) is 5.91 Å². The average molecular weight is 417 g/mol. The lowest BCUT2D eigenvalue weighted by Crippen LogP contribution is -2.41. The number of carbonyl (C=O) groups is 2. The monoisotopic (exact) mass is 416 g/mol. The highest BCUT2D eigenvalue weighted by atomic mass is 35.5. The van der Waals surface area contributed by atoms with Crippen LogP contribution in [-0.2, 0) is 23.1 Å². The van der Waals surface area contributed by atoms with Crippen molar-refractivity contribution in [1.82, 2.24) is 10.2 Å². The number of rotatable bonds is 3. The molecule has 1 N–H and O–H groups in total. The summed E-state index contributed by atoms with van der Waals surface area (Å²) >= 11 is 12.0.